The molecule has 4 rings (SSSR count). The van der Waals surface area contributed by atoms with Crippen LogP contribution in [0.3, 0.4) is 0 Å². The lowest BCUT2D eigenvalue weighted by Crippen LogP contribution is -2.50. The Bertz CT molecular complexity index is 603. The molecule has 3 saturated carbocycles. The van der Waals surface area contributed by atoms with Crippen molar-refractivity contribution in [2.24, 2.45) is 40.4 Å². The van der Waals surface area contributed by atoms with Crippen LogP contribution in [0, 0.1) is 40.4 Å². The third-order valence-corrected chi connectivity index (χ3v) is 8.50. The van der Waals surface area contributed by atoms with Crippen LogP contribution in [0.15, 0.2) is 23.8 Å². The quantitative estimate of drug-likeness (QED) is 0.727. The molecule has 2 nitrogen and oxygen atoms in total. The Balaban J connectivity index is 1.66. The van der Waals surface area contributed by atoms with E-state index in [9.17, 15) is 4.79 Å². The van der Waals surface area contributed by atoms with Crippen LogP contribution >= 0.6 is 0 Å². The van der Waals surface area contributed by atoms with Gasteiger partial charge in [-0.25, -0.2) is 0 Å². The van der Waals surface area contributed by atoms with Gasteiger partial charge in [0.25, 0.3) is 0 Å². The van der Waals surface area contributed by atoms with Crippen LogP contribution in [-0.2, 0) is 9.53 Å². The van der Waals surface area contributed by atoms with Crippen molar-refractivity contribution in [3.05, 3.63) is 23.8 Å². The molecule has 0 N–H and O–H groups in total. The highest BCUT2D eigenvalue weighted by molar-refractivity contribution is 6.01. The Morgan fingerprint density at radius 3 is 2.79 bits per heavy atom. The molecular weight excluding hydrogens is 296 g/mol. The van der Waals surface area contributed by atoms with Gasteiger partial charge in [-0.15, -0.1) is 0 Å². The number of ketones is 1. The van der Waals surface area contributed by atoms with Gasteiger partial charge in [0.15, 0.2) is 5.78 Å². The van der Waals surface area contributed by atoms with Crippen LogP contribution in [0.2, 0.25) is 0 Å². The summed E-state index contributed by atoms with van der Waals surface area (Å²) in [7, 11) is 1.86. The number of hydrogen-bond acceptors (Lipinski definition) is 2. The van der Waals surface area contributed by atoms with Gasteiger partial charge >= 0.3 is 0 Å². The minimum atomic E-state index is 0.126. The van der Waals surface area contributed by atoms with E-state index in [0.29, 0.717) is 17.3 Å². The molecule has 0 heterocycles. The molecule has 7 atom stereocenters. The maximum absolute atomic E-state index is 11.8. The van der Waals surface area contributed by atoms with Gasteiger partial charge in [0, 0.05) is 19.1 Å². The molecule has 0 radical (unpaired) electrons. The van der Waals surface area contributed by atoms with E-state index in [1.54, 1.807) is 0 Å². The van der Waals surface area contributed by atoms with E-state index in [4.69, 9.17) is 4.74 Å². The second-order valence-electron chi connectivity index (χ2n) is 9.42. The summed E-state index contributed by atoms with van der Waals surface area (Å²) in [6.07, 6.45) is 12.4. The zero-order valence-corrected chi connectivity index (χ0v) is 15.7. The van der Waals surface area contributed by atoms with Crippen LogP contribution in [-0.4, -0.2) is 19.5 Å². The Kier molecular flexibility index (Phi) is 3.84. The minimum Gasteiger partial charge on any atom is -0.384 e. The van der Waals surface area contributed by atoms with Crippen molar-refractivity contribution in [1.82, 2.24) is 0 Å². The molecular formula is C22H32O2. The van der Waals surface area contributed by atoms with Gasteiger partial charge in [0.05, 0.1) is 0 Å². The fraction of sp³-hybridized carbons (Fsp3) is 0.773. The molecule has 0 aromatic carbocycles. The number of carbonyl (C=O) groups excluding carboxylic acids is 1. The van der Waals surface area contributed by atoms with Gasteiger partial charge in [0.1, 0.15) is 0 Å². The lowest BCUT2D eigenvalue weighted by atomic mass is 9.48. The van der Waals surface area contributed by atoms with Crippen molar-refractivity contribution in [1.29, 1.82) is 0 Å². The number of hydrogen-bond donors (Lipinski definition) is 0. The molecule has 0 amide bonds. The second-order valence-corrected chi connectivity index (χ2v) is 9.42. The van der Waals surface area contributed by atoms with E-state index in [1.807, 2.05) is 19.3 Å². The third kappa shape index (κ3) is 2.14. The summed E-state index contributed by atoms with van der Waals surface area (Å²) in [6.45, 7) is 8.31. The average molecular weight is 328 g/mol. The van der Waals surface area contributed by atoms with E-state index >= 15 is 0 Å². The normalized spacial score (nSPS) is 50.1. The van der Waals surface area contributed by atoms with Gasteiger partial charge < -0.3 is 4.74 Å². The Hall–Kier alpha value is -0.890. The van der Waals surface area contributed by atoms with E-state index in [1.165, 1.54) is 31.3 Å². The maximum Gasteiger partial charge on any atom is 0.178 e. The largest absolute Gasteiger partial charge is 0.384 e. The summed E-state index contributed by atoms with van der Waals surface area (Å²) in [4.78, 5) is 11.8. The first kappa shape index (κ1) is 16.6. The molecule has 0 bridgehead atoms. The van der Waals surface area contributed by atoms with Crippen LogP contribution in [0.25, 0.3) is 0 Å². The van der Waals surface area contributed by atoms with Crippen molar-refractivity contribution in [3.63, 3.8) is 0 Å². The standard InChI is InChI=1S/C22H32O2/c1-14-11-19-17-6-5-15-12-16(23)7-9-21(15,2)18(17)8-10-22(19,3)20(14)13-24-4/h7,9,12,14,17-20H,5-6,8,10-11,13H2,1-4H3/t14-,17+,18?,19?,20?,21-,22-/m0/s1. The van der Waals surface area contributed by atoms with Crippen molar-refractivity contribution in [3.8, 4) is 0 Å². The van der Waals surface area contributed by atoms with E-state index in [-0.39, 0.29) is 11.2 Å². The molecule has 3 fully saturated rings. The molecule has 0 saturated heterocycles. The summed E-state index contributed by atoms with van der Waals surface area (Å²) < 4.78 is 5.61. The number of carbonyl (C=O) groups is 1. The first-order valence-electron chi connectivity index (χ1n) is 9.83. The molecule has 2 heteroatoms. The van der Waals surface area contributed by atoms with Crippen molar-refractivity contribution < 1.29 is 9.53 Å². The summed E-state index contributed by atoms with van der Waals surface area (Å²) in [5.41, 5.74) is 1.97. The van der Waals surface area contributed by atoms with Gasteiger partial charge in [-0.1, -0.05) is 32.4 Å². The van der Waals surface area contributed by atoms with Gasteiger partial charge in [-0.2, -0.15) is 0 Å². The number of allylic oxidation sites excluding steroid dienone is 4. The first-order valence-corrected chi connectivity index (χ1v) is 9.83. The van der Waals surface area contributed by atoms with Crippen molar-refractivity contribution in [2.75, 3.05) is 13.7 Å². The molecule has 0 aliphatic heterocycles. The summed E-state index contributed by atoms with van der Waals surface area (Å²) in [5, 5.41) is 0. The Morgan fingerprint density at radius 1 is 1.25 bits per heavy atom. The fourth-order valence-corrected chi connectivity index (χ4v) is 7.20. The van der Waals surface area contributed by atoms with Gasteiger partial charge in [-0.05, 0) is 79.3 Å². The number of rotatable bonds is 2. The highest BCUT2D eigenvalue weighted by Crippen LogP contribution is 2.66. The molecule has 4 aliphatic rings. The zero-order chi connectivity index (χ0) is 17.1. The predicted octanol–water partition coefficient (Wildman–Crippen LogP) is 4.80. The van der Waals surface area contributed by atoms with Gasteiger partial charge in [-0.3, -0.25) is 4.79 Å². The van der Waals surface area contributed by atoms with Gasteiger partial charge in [0.2, 0.25) is 0 Å². The van der Waals surface area contributed by atoms with Crippen molar-refractivity contribution in [2.45, 2.75) is 52.9 Å². The SMILES string of the molecule is COCC1[C@@H](C)CC2[C@@H]3CCC4=CC(=O)C=C[C@]4(C)C3CC[C@@]21C. The fourth-order valence-electron chi connectivity index (χ4n) is 7.20. The highest BCUT2D eigenvalue weighted by Gasteiger charge is 2.59. The Morgan fingerprint density at radius 2 is 2.04 bits per heavy atom. The molecule has 24 heavy (non-hydrogen) atoms. The van der Waals surface area contributed by atoms with Crippen LogP contribution in [0.1, 0.15) is 52.9 Å². The average Bonchev–Trinajstić information content (AvgIpc) is 2.80. The number of methoxy groups -OCH3 is 1. The molecule has 132 valence electrons. The highest BCUT2D eigenvalue weighted by atomic mass is 16.5. The van der Waals surface area contributed by atoms with E-state index in [2.05, 4.69) is 26.8 Å². The van der Waals surface area contributed by atoms with Crippen LogP contribution in [0.4, 0.5) is 0 Å². The predicted molar refractivity (Wildman–Crippen MR) is 96.5 cm³/mol. The lowest BCUT2D eigenvalue weighted by Gasteiger charge is -2.57. The second kappa shape index (κ2) is 5.56. The molecule has 4 aliphatic carbocycles. The van der Waals surface area contributed by atoms with Crippen LogP contribution < -0.4 is 0 Å². The smallest absolute Gasteiger partial charge is 0.178 e. The molecule has 0 aromatic heterocycles. The molecule has 0 aromatic rings. The maximum atomic E-state index is 11.8. The van der Waals surface area contributed by atoms with Crippen LogP contribution in [0.5, 0.6) is 0 Å². The Labute approximate surface area is 146 Å². The number of ether oxygens (including phenoxy) is 1. The third-order valence-electron chi connectivity index (χ3n) is 8.50. The minimum absolute atomic E-state index is 0.126. The topological polar surface area (TPSA) is 26.3 Å². The summed E-state index contributed by atoms with van der Waals surface area (Å²) >= 11 is 0. The van der Waals surface area contributed by atoms with Crippen molar-refractivity contribution >= 4 is 5.78 Å². The van der Waals surface area contributed by atoms with E-state index in [0.717, 1.165) is 30.8 Å². The summed E-state index contributed by atoms with van der Waals surface area (Å²) in [5.74, 6) is 4.03. The number of fused-ring (bicyclic) bond motifs is 5. The molecule has 3 unspecified atom stereocenters. The summed E-state index contributed by atoms with van der Waals surface area (Å²) in [6, 6.07) is 0. The monoisotopic (exact) mass is 328 g/mol. The van der Waals surface area contributed by atoms with E-state index < -0.39 is 0 Å². The lowest BCUT2D eigenvalue weighted by molar-refractivity contribution is -0.111. The zero-order valence-electron chi connectivity index (χ0n) is 15.7. The molecule has 0 spiro atoms. The first-order chi connectivity index (χ1) is 11.4.